The van der Waals surface area contributed by atoms with Gasteiger partial charge in [-0.15, -0.1) is 0 Å². The van der Waals surface area contributed by atoms with Crippen LogP contribution in [0.15, 0.2) is 53.4 Å². The van der Waals surface area contributed by atoms with E-state index in [2.05, 4.69) is 4.72 Å². The number of sulfonamides is 1. The molecule has 0 fully saturated rings. The summed E-state index contributed by atoms with van der Waals surface area (Å²) in [6, 6.07) is 13.7. The summed E-state index contributed by atoms with van der Waals surface area (Å²) in [4.78, 5) is 0.166. The second-order valence-corrected chi connectivity index (χ2v) is 6.77. The lowest BCUT2D eigenvalue weighted by molar-refractivity contribution is 0.171. The highest BCUT2D eigenvalue weighted by Gasteiger charge is 2.21. The summed E-state index contributed by atoms with van der Waals surface area (Å²) in [5, 5.41) is 0. The van der Waals surface area contributed by atoms with Crippen LogP contribution < -0.4 is 14.2 Å². The molecule has 116 valence electrons. The molecule has 0 aliphatic carbocycles. The fraction of sp³-hybridized carbons (Fsp3) is 0.250. The SMILES string of the molecule is C[C@H](NS(=O)(=O)c1ccc2c(c1)OCCO2)c1ccccc1. The molecule has 2 aromatic rings. The number of benzene rings is 2. The van der Waals surface area contributed by atoms with E-state index in [0.29, 0.717) is 24.7 Å². The third-order valence-corrected chi connectivity index (χ3v) is 4.99. The molecule has 1 aliphatic rings. The van der Waals surface area contributed by atoms with Crippen molar-refractivity contribution in [2.45, 2.75) is 17.9 Å². The summed E-state index contributed by atoms with van der Waals surface area (Å²) in [5.74, 6) is 1.03. The number of hydrogen-bond acceptors (Lipinski definition) is 4. The second kappa shape index (κ2) is 5.98. The molecular weight excluding hydrogens is 302 g/mol. The van der Waals surface area contributed by atoms with E-state index in [1.807, 2.05) is 37.3 Å². The van der Waals surface area contributed by atoms with Crippen LogP contribution in [-0.4, -0.2) is 21.6 Å². The van der Waals surface area contributed by atoms with Gasteiger partial charge in [-0.25, -0.2) is 13.1 Å². The number of nitrogens with one attached hydrogen (secondary N) is 1. The molecule has 0 aromatic heterocycles. The van der Waals surface area contributed by atoms with Gasteiger partial charge in [-0.1, -0.05) is 30.3 Å². The van der Waals surface area contributed by atoms with E-state index in [-0.39, 0.29) is 10.9 Å². The van der Waals surface area contributed by atoms with Crippen LogP contribution in [-0.2, 0) is 10.0 Å². The Labute approximate surface area is 129 Å². The highest BCUT2D eigenvalue weighted by molar-refractivity contribution is 7.89. The topological polar surface area (TPSA) is 64.6 Å². The first-order valence-electron chi connectivity index (χ1n) is 7.03. The van der Waals surface area contributed by atoms with Crippen LogP contribution >= 0.6 is 0 Å². The predicted molar refractivity (Wildman–Crippen MR) is 82.6 cm³/mol. The lowest BCUT2D eigenvalue weighted by atomic mass is 10.1. The molecule has 0 spiro atoms. The number of fused-ring (bicyclic) bond motifs is 1. The van der Waals surface area contributed by atoms with Crippen molar-refractivity contribution in [1.29, 1.82) is 0 Å². The number of rotatable bonds is 4. The number of ether oxygens (including phenoxy) is 2. The quantitative estimate of drug-likeness (QED) is 0.940. The maximum atomic E-state index is 12.5. The Morgan fingerprint density at radius 1 is 1.00 bits per heavy atom. The summed E-state index contributed by atoms with van der Waals surface area (Å²) in [5.41, 5.74) is 0.906. The van der Waals surface area contributed by atoms with Crippen LogP contribution in [0.1, 0.15) is 18.5 Å². The minimum Gasteiger partial charge on any atom is -0.486 e. The van der Waals surface area contributed by atoms with Crippen molar-refractivity contribution in [1.82, 2.24) is 4.72 Å². The average molecular weight is 319 g/mol. The van der Waals surface area contributed by atoms with Crippen LogP contribution in [0.5, 0.6) is 11.5 Å². The van der Waals surface area contributed by atoms with Gasteiger partial charge in [0, 0.05) is 12.1 Å². The molecule has 0 amide bonds. The van der Waals surface area contributed by atoms with Crippen LogP contribution in [0.3, 0.4) is 0 Å². The van der Waals surface area contributed by atoms with Crippen molar-refractivity contribution in [3.63, 3.8) is 0 Å². The monoisotopic (exact) mass is 319 g/mol. The Morgan fingerprint density at radius 2 is 1.68 bits per heavy atom. The maximum absolute atomic E-state index is 12.5. The molecule has 22 heavy (non-hydrogen) atoms. The molecule has 5 nitrogen and oxygen atoms in total. The third-order valence-electron chi connectivity index (χ3n) is 3.46. The van der Waals surface area contributed by atoms with E-state index in [4.69, 9.17) is 9.47 Å². The van der Waals surface area contributed by atoms with Gasteiger partial charge in [-0.2, -0.15) is 0 Å². The fourth-order valence-electron chi connectivity index (χ4n) is 2.30. The maximum Gasteiger partial charge on any atom is 0.241 e. The van der Waals surface area contributed by atoms with Crippen molar-refractivity contribution < 1.29 is 17.9 Å². The van der Waals surface area contributed by atoms with Crippen LogP contribution in [0.4, 0.5) is 0 Å². The largest absolute Gasteiger partial charge is 0.486 e. The molecular formula is C16H17NO4S. The van der Waals surface area contributed by atoms with Gasteiger partial charge >= 0.3 is 0 Å². The molecule has 1 aliphatic heterocycles. The molecule has 0 bridgehead atoms. The standard InChI is InChI=1S/C16H17NO4S/c1-12(13-5-3-2-4-6-13)17-22(18,19)14-7-8-15-16(11-14)21-10-9-20-15/h2-8,11-12,17H,9-10H2,1H3/t12-/m0/s1. The van der Waals surface area contributed by atoms with Gasteiger partial charge in [-0.05, 0) is 24.6 Å². The van der Waals surface area contributed by atoms with E-state index in [0.717, 1.165) is 5.56 Å². The predicted octanol–water partition coefficient (Wildman–Crippen LogP) is 2.50. The van der Waals surface area contributed by atoms with Crippen LogP contribution in [0, 0.1) is 0 Å². The molecule has 6 heteroatoms. The van der Waals surface area contributed by atoms with E-state index >= 15 is 0 Å². The number of hydrogen-bond donors (Lipinski definition) is 1. The van der Waals surface area contributed by atoms with E-state index < -0.39 is 10.0 Å². The van der Waals surface area contributed by atoms with Gasteiger partial charge < -0.3 is 9.47 Å². The third kappa shape index (κ3) is 3.08. The van der Waals surface area contributed by atoms with Gasteiger partial charge in [0.1, 0.15) is 13.2 Å². The van der Waals surface area contributed by atoms with Crippen LogP contribution in [0.2, 0.25) is 0 Å². The molecule has 1 atom stereocenters. The molecule has 0 unspecified atom stereocenters. The first-order valence-corrected chi connectivity index (χ1v) is 8.51. The highest BCUT2D eigenvalue weighted by Crippen LogP contribution is 2.32. The second-order valence-electron chi connectivity index (χ2n) is 5.06. The highest BCUT2D eigenvalue weighted by atomic mass is 32.2. The minimum absolute atomic E-state index is 0.166. The summed E-state index contributed by atoms with van der Waals surface area (Å²) < 4.78 is 38.5. The smallest absolute Gasteiger partial charge is 0.241 e. The van der Waals surface area contributed by atoms with Crippen molar-refractivity contribution >= 4 is 10.0 Å². The van der Waals surface area contributed by atoms with Gasteiger partial charge in [0.05, 0.1) is 4.90 Å². The van der Waals surface area contributed by atoms with Gasteiger partial charge in [-0.3, -0.25) is 0 Å². The van der Waals surface area contributed by atoms with E-state index in [9.17, 15) is 8.42 Å². The zero-order valence-corrected chi connectivity index (χ0v) is 13.0. The fourth-order valence-corrected chi connectivity index (χ4v) is 3.55. The molecule has 0 radical (unpaired) electrons. The Bertz CT molecular complexity index is 759. The molecule has 3 rings (SSSR count). The van der Waals surface area contributed by atoms with Crippen molar-refractivity contribution in [2.24, 2.45) is 0 Å². The van der Waals surface area contributed by atoms with Gasteiger partial charge in [0.25, 0.3) is 0 Å². The molecule has 0 saturated heterocycles. The normalized spacial score (nSPS) is 15.3. The summed E-state index contributed by atoms with van der Waals surface area (Å²) >= 11 is 0. The first kappa shape index (κ1) is 14.9. The summed E-state index contributed by atoms with van der Waals surface area (Å²) in [6.45, 7) is 2.71. The van der Waals surface area contributed by atoms with Crippen molar-refractivity contribution in [3.05, 3.63) is 54.1 Å². The summed E-state index contributed by atoms with van der Waals surface area (Å²) in [6.07, 6.45) is 0. The molecule has 1 N–H and O–H groups in total. The van der Waals surface area contributed by atoms with Crippen molar-refractivity contribution in [3.8, 4) is 11.5 Å². The van der Waals surface area contributed by atoms with Gasteiger partial charge in [0.15, 0.2) is 11.5 Å². The van der Waals surface area contributed by atoms with Crippen LogP contribution in [0.25, 0.3) is 0 Å². The van der Waals surface area contributed by atoms with E-state index in [1.165, 1.54) is 12.1 Å². The average Bonchev–Trinajstić information content (AvgIpc) is 2.55. The Morgan fingerprint density at radius 3 is 2.41 bits per heavy atom. The first-order chi connectivity index (χ1) is 10.6. The molecule has 0 saturated carbocycles. The molecule has 1 heterocycles. The zero-order chi connectivity index (χ0) is 15.6. The van der Waals surface area contributed by atoms with Crippen molar-refractivity contribution in [2.75, 3.05) is 13.2 Å². The zero-order valence-electron chi connectivity index (χ0n) is 12.2. The Balaban J connectivity index is 1.84. The molecule has 2 aromatic carbocycles. The Kier molecular flexibility index (Phi) is 4.04. The Hall–Kier alpha value is -2.05. The van der Waals surface area contributed by atoms with Gasteiger partial charge in [0.2, 0.25) is 10.0 Å². The lowest BCUT2D eigenvalue weighted by Gasteiger charge is -2.20. The lowest BCUT2D eigenvalue weighted by Crippen LogP contribution is -2.27. The summed E-state index contributed by atoms with van der Waals surface area (Å²) in [7, 11) is -3.63. The minimum atomic E-state index is -3.63. The van der Waals surface area contributed by atoms with E-state index in [1.54, 1.807) is 6.07 Å².